The van der Waals surface area contributed by atoms with Gasteiger partial charge in [0.15, 0.2) is 5.82 Å². The zero-order valence-corrected chi connectivity index (χ0v) is 18.8. The van der Waals surface area contributed by atoms with Crippen LogP contribution in [0.1, 0.15) is 11.1 Å². The van der Waals surface area contributed by atoms with Crippen LogP contribution in [0.5, 0.6) is 0 Å². The molecule has 5 rings (SSSR count). The minimum Gasteiger partial charge on any atom is -0.290 e. The van der Waals surface area contributed by atoms with Gasteiger partial charge >= 0.3 is 0 Å². The molecule has 0 saturated carbocycles. The summed E-state index contributed by atoms with van der Waals surface area (Å²) in [5.41, 5.74) is 1.95. The number of aromatic amines is 1. The number of nitro groups is 1. The third kappa shape index (κ3) is 3.46. The van der Waals surface area contributed by atoms with Crippen molar-refractivity contribution in [1.29, 1.82) is 0 Å². The lowest BCUT2D eigenvalue weighted by molar-refractivity contribution is -0.384. The maximum absolute atomic E-state index is 13.5. The molecule has 0 atom stereocenters. The molecule has 0 bridgehead atoms. The Morgan fingerprint density at radius 2 is 1.85 bits per heavy atom. The fraction of sp³-hybridized carbons (Fsp3) is 0.130. The third-order valence-electron chi connectivity index (χ3n) is 5.75. The fourth-order valence-corrected chi connectivity index (χ4v) is 5.48. The number of non-ortho nitro benzene ring substituents is 1. The van der Waals surface area contributed by atoms with E-state index in [9.17, 15) is 23.3 Å². The molecule has 172 valence electrons. The zero-order chi connectivity index (χ0) is 24.0. The standard InChI is InChI=1S/C23H19N5O5S/c1-15-7-9-18(10-8-15)34(32,33)26-13-11-20-21(19-6-3-12-24-22(19)26)25-27(23(20)29)16-4-2-5-17(14-16)28(30)31/h2-10,12,14,25H,11,13H2,1H3. The maximum Gasteiger partial charge on any atom is 0.275 e. The molecule has 11 heteroatoms. The van der Waals surface area contributed by atoms with Crippen LogP contribution in [0.25, 0.3) is 16.9 Å². The number of fused-ring (bicyclic) bond motifs is 3. The van der Waals surface area contributed by atoms with Crippen LogP contribution in [0.15, 0.2) is 76.6 Å². The second-order valence-corrected chi connectivity index (χ2v) is 9.76. The molecule has 1 aliphatic rings. The lowest BCUT2D eigenvalue weighted by atomic mass is 10.1. The first-order valence-corrected chi connectivity index (χ1v) is 11.8. The van der Waals surface area contributed by atoms with Crippen LogP contribution in [-0.2, 0) is 16.4 Å². The quantitative estimate of drug-likeness (QED) is 0.355. The van der Waals surface area contributed by atoms with Gasteiger partial charge in [0, 0.05) is 36.0 Å². The molecule has 0 saturated heterocycles. The molecule has 4 aromatic rings. The van der Waals surface area contributed by atoms with E-state index in [2.05, 4.69) is 10.1 Å². The first-order chi connectivity index (χ1) is 16.3. The number of nitrogens with zero attached hydrogens (tertiary/aromatic N) is 4. The summed E-state index contributed by atoms with van der Waals surface area (Å²) in [6.45, 7) is 1.88. The molecule has 0 fully saturated rings. The summed E-state index contributed by atoms with van der Waals surface area (Å²) < 4.78 is 29.4. The Labute approximate surface area is 194 Å². The maximum atomic E-state index is 13.5. The number of sulfonamides is 1. The minimum atomic E-state index is -3.93. The monoisotopic (exact) mass is 477 g/mol. The molecule has 1 aliphatic heterocycles. The van der Waals surface area contributed by atoms with Crippen molar-refractivity contribution in [1.82, 2.24) is 14.8 Å². The van der Waals surface area contributed by atoms with Gasteiger partial charge in [0.2, 0.25) is 0 Å². The number of aryl methyl sites for hydroxylation is 1. The van der Waals surface area contributed by atoms with Crippen LogP contribution >= 0.6 is 0 Å². The van der Waals surface area contributed by atoms with Gasteiger partial charge in [-0.1, -0.05) is 23.8 Å². The molecule has 0 aliphatic carbocycles. The Morgan fingerprint density at radius 3 is 2.59 bits per heavy atom. The number of rotatable bonds is 4. The zero-order valence-electron chi connectivity index (χ0n) is 18.0. The lowest BCUT2D eigenvalue weighted by Gasteiger charge is -2.23. The van der Waals surface area contributed by atoms with Crippen molar-refractivity contribution in [2.45, 2.75) is 18.2 Å². The van der Waals surface area contributed by atoms with Gasteiger partial charge in [-0.25, -0.2) is 22.4 Å². The van der Waals surface area contributed by atoms with Gasteiger partial charge in [0.1, 0.15) is 0 Å². The smallest absolute Gasteiger partial charge is 0.275 e. The highest BCUT2D eigenvalue weighted by Crippen LogP contribution is 2.35. The Kier molecular flexibility index (Phi) is 5.05. The third-order valence-corrected chi connectivity index (χ3v) is 7.56. The van der Waals surface area contributed by atoms with Crippen LogP contribution in [0.2, 0.25) is 0 Å². The van der Waals surface area contributed by atoms with Crippen LogP contribution in [-0.4, -0.2) is 34.7 Å². The predicted molar refractivity (Wildman–Crippen MR) is 126 cm³/mol. The van der Waals surface area contributed by atoms with E-state index in [0.29, 0.717) is 22.5 Å². The van der Waals surface area contributed by atoms with Gasteiger partial charge < -0.3 is 0 Å². The van der Waals surface area contributed by atoms with Gasteiger partial charge in [-0.15, -0.1) is 0 Å². The summed E-state index contributed by atoms with van der Waals surface area (Å²) in [5.74, 6) is 0.203. The van der Waals surface area contributed by atoms with Crippen molar-refractivity contribution in [2.75, 3.05) is 10.8 Å². The number of H-pyrrole nitrogens is 1. The first kappa shape index (κ1) is 21.6. The van der Waals surface area contributed by atoms with Gasteiger partial charge in [-0.2, -0.15) is 0 Å². The van der Waals surface area contributed by atoms with Crippen LogP contribution < -0.4 is 9.86 Å². The van der Waals surface area contributed by atoms with Gasteiger partial charge in [0.25, 0.3) is 21.3 Å². The molecule has 34 heavy (non-hydrogen) atoms. The van der Waals surface area contributed by atoms with Crippen molar-refractivity contribution >= 4 is 21.5 Å². The number of aromatic nitrogens is 3. The number of anilines is 1. The summed E-state index contributed by atoms with van der Waals surface area (Å²) in [6.07, 6.45) is 1.63. The molecule has 0 unspecified atom stereocenters. The van der Waals surface area contributed by atoms with Crippen molar-refractivity contribution in [3.8, 4) is 16.9 Å². The second-order valence-electron chi connectivity index (χ2n) is 7.90. The number of benzene rings is 2. The average Bonchev–Trinajstić information content (AvgIpc) is 3.05. The Bertz CT molecular complexity index is 1590. The van der Waals surface area contributed by atoms with Crippen molar-refractivity contribution in [2.24, 2.45) is 0 Å². The summed E-state index contributed by atoms with van der Waals surface area (Å²) in [6, 6.07) is 15.6. The van der Waals surface area contributed by atoms with Crippen LogP contribution in [0, 0.1) is 17.0 Å². The van der Waals surface area contributed by atoms with Crippen molar-refractivity contribution in [3.63, 3.8) is 0 Å². The van der Waals surface area contributed by atoms with Crippen LogP contribution in [0.4, 0.5) is 11.5 Å². The molecule has 3 heterocycles. The predicted octanol–water partition coefficient (Wildman–Crippen LogP) is 3.20. The van der Waals surface area contributed by atoms with E-state index in [1.54, 1.807) is 42.5 Å². The fourth-order valence-electron chi connectivity index (χ4n) is 4.04. The van der Waals surface area contributed by atoms with E-state index in [-0.39, 0.29) is 29.4 Å². The molecular weight excluding hydrogens is 458 g/mol. The van der Waals surface area contributed by atoms with E-state index in [0.717, 1.165) is 5.56 Å². The number of nitrogens with one attached hydrogen (secondary N) is 1. The highest BCUT2D eigenvalue weighted by Gasteiger charge is 2.33. The summed E-state index contributed by atoms with van der Waals surface area (Å²) in [4.78, 5) is 28.4. The van der Waals surface area contributed by atoms with Crippen molar-refractivity contribution < 1.29 is 13.3 Å². The molecule has 0 spiro atoms. The minimum absolute atomic E-state index is 0.00918. The summed E-state index contributed by atoms with van der Waals surface area (Å²) in [7, 11) is -3.93. The molecule has 1 N–H and O–H groups in total. The Morgan fingerprint density at radius 1 is 1.09 bits per heavy atom. The van der Waals surface area contributed by atoms with Gasteiger partial charge in [-0.3, -0.25) is 20.0 Å². The van der Waals surface area contributed by atoms with Crippen LogP contribution in [0.3, 0.4) is 0 Å². The molecule has 2 aromatic heterocycles. The molecule has 10 nitrogen and oxygen atoms in total. The number of pyridine rings is 1. The molecule has 0 radical (unpaired) electrons. The Hall–Kier alpha value is -4.25. The van der Waals surface area contributed by atoms with Gasteiger partial charge in [0.05, 0.1) is 21.2 Å². The summed E-state index contributed by atoms with van der Waals surface area (Å²) in [5, 5.41) is 14.2. The van der Waals surface area contributed by atoms with E-state index < -0.39 is 20.5 Å². The van der Waals surface area contributed by atoms with Gasteiger partial charge in [-0.05, 0) is 43.7 Å². The SMILES string of the molecule is Cc1ccc(S(=O)(=O)N2CCc3c([nH]n(-c4cccc([N+](=O)[O-])c4)c3=O)-c3cccnc32)cc1. The number of hydrogen-bond acceptors (Lipinski definition) is 6. The second kappa shape index (κ2) is 7.96. The number of hydrogen-bond donors (Lipinski definition) is 1. The van der Waals surface area contributed by atoms with E-state index in [4.69, 9.17) is 0 Å². The van der Waals surface area contributed by atoms with E-state index >= 15 is 0 Å². The lowest BCUT2D eigenvalue weighted by Crippen LogP contribution is -2.34. The van der Waals surface area contributed by atoms with E-state index in [1.807, 2.05) is 6.92 Å². The highest BCUT2D eigenvalue weighted by atomic mass is 32.2. The molecule has 0 amide bonds. The largest absolute Gasteiger partial charge is 0.290 e. The highest BCUT2D eigenvalue weighted by molar-refractivity contribution is 7.92. The van der Waals surface area contributed by atoms with E-state index in [1.165, 1.54) is 33.4 Å². The normalized spacial score (nSPS) is 13.1. The van der Waals surface area contributed by atoms with Crippen molar-refractivity contribution in [3.05, 3.63) is 98.5 Å². The Balaban J connectivity index is 1.65. The molecule has 2 aromatic carbocycles. The topological polar surface area (TPSA) is 131 Å². The average molecular weight is 478 g/mol. The first-order valence-electron chi connectivity index (χ1n) is 10.4. The molecular formula is C23H19N5O5S. The summed E-state index contributed by atoms with van der Waals surface area (Å²) >= 11 is 0. The number of nitro benzene ring substituents is 1.